The van der Waals surface area contributed by atoms with Crippen molar-refractivity contribution in [2.45, 2.75) is 0 Å². The van der Waals surface area contributed by atoms with E-state index in [0.717, 1.165) is 11.3 Å². The van der Waals surface area contributed by atoms with E-state index < -0.39 is 15.9 Å². The molecule has 0 saturated carbocycles. The zero-order valence-electron chi connectivity index (χ0n) is 15.8. The minimum absolute atomic E-state index is 0.0306. The second-order valence-electron chi connectivity index (χ2n) is 6.76. The lowest BCUT2D eigenvalue weighted by Gasteiger charge is -2.34. The molecule has 3 aromatic rings. The van der Waals surface area contributed by atoms with Gasteiger partial charge in [-0.1, -0.05) is 24.3 Å². The van der Waals surface area contributed by atoms with Gasteiger partial charge in [0, 0.05) is 44.3 Å². The number of pyridine rings is 1. The van der Waals surface area contributed by atoms with E-state index in [2.05, 4.69) is 25.4 Å². The summed E-state index contributed by atoms with van der Waals surface area (Å²) in [6.07, 6.45) is 1.73. The third kappa shape index (κ3) is 4.22. The van der Waals surface area contributed by atoms with Gasteiger partial charge in [-0.15, -0.1) is 0 Å². The molecule has 3 heterocycles. The molecule has 9 nitrogen and oxygen atoms in total. The van der Waals surface area contributed by atoms with Gasteiger partial charge >= 0.3 is 0 Å². The van der Waals surface area contributed by atoms with Crippen molar-refractivity contribution in [3.8, 4) is 0 Å². The van der Waals surface area contributed by atoms with Gasteiger partial charge in [0.1, 0.15) is 5.82 Å². The first kappa shape index (κ1) is 19.3. The van der Waals surface area contributed by atoms with Crippen molar-refractivity contribution in [3.63, 3.8) is 0 Å². The van der Waals surface area contributed by atoms with Gasteiger partial charge in [0.25, 0.3) is 5.91 Å². The van der Waals surface area contributed by atoms with Crippen LogP contribution in [0.4, 0.5) is 5.82 Å². The number of carbonyl (C=O) groups excluding carboxylic acids is 1. The Morgan fingerprint density at radius 3 is 2.59 bits per heavy atom. The largest absolute Gasteiger partial charge is 0.354 e. The highest BCUT2D eigenvalue weighted by molar-refractivity contribution is 7.89. The summed E-state index contributed by atoms with van der Waals surface area (Å²) < 4.78 is 26.7. The first-order valence-electron chi connectivity index (χ1n) is 9.40. The highest BCUT2D eigenvalue weighted by atomic mass is 32.2. The Balaban J connectivity index is 1.30. The number of fused-ring (bicyclic) bond motifs is 1. The van der Waals surface area contributed by atoms with Crippen molar-refractivity contribution < 1.29 is 13.2 Å². The number of aromatic amines is 1. The molecule has 1 fully saturated rings. The van der Waals surface area contributed by atoms with Crippen LogP contribution in [-0.2, 0) is 10.0 Å². The molecular weight excluding hydrogens is 392 g/mol. The number of nitrogens with one attached hydrogen (secondary N) is 2. The van der Waals surface area contributed by atoms with Crippen molar-refractivity contribution in [1.82, 2.24) is 24.8 Å². The number of sulfonamides is 1. The second-order valence-corrected chi connectivity index (χ2v) is 8.85. The first-order chi connectivity index (χ1) is 14.0. The van der Waals surface area contributed by atoms with Gasteiger partial charge in [-0.3, -0.25) is 9.89 Å². The monoisotopic (exact) mass is 414 g/mol. The molecule has 1 amide bonds. The summed E-state index contributed by atoms with van der Waals surface area (Å²) in [4.78, 5) is 18.7. The molecule has 0 atom stereocenters. The minimum Gasteiger partial charge on any atom is -0.354 e. The lowest BCUT2D eigenvalue weighted by Crippen LogP contribution is -2.50. The molecule has 2 N–H and O–H groups in total. The zero-order chi connectivity index (χ0) is 20.3. The van der Waals surface area contributed by atoms with Crippen molar-refractivity contribution >= 4 is 32.7 Å². The Kier molecular flexibility index (Phi) is 5.45. The number of amides is 1. The van der Waals surface area contributed by atoms with Crippen LogP contribution in [0, 0.1) is 0 Å². The van der Waals surface area contributed by atoms with Crippen molar-refractivity contribution in [3.05, 3.63) is 54.4 Å². The van der Waals surface area contributed by atoms with Crippen molar-refractivity contribution in [1.29, 1.82) is 0 Å². The second kappa shape index (κ2) is 8.18. The van der Waals surface area contributed by atoms with E-state index in [4.69, 9.17) is 0 Å². The molecule has 4 rings (SSSR count). The maximum Gasteiger partial charge on any atom is 0.272 e. The Morgan fingerprint density at radius 1 is 1.07 bits per heavy atom. The third-order valence-electron chi connectivity index (χ3n) is 4.94. The topological polar surface area (TPSA) is 111 Å². The van der Waals surface area contributed by atoms with Gasteiger partial charge in [0.2, 0.25) is 10.0 Å². The molecule has 1 saturated heterocycles. The zero-order valence-corrected chi connectivity index (χ0v) is 16.6. The molecule has 1 aromatic carbocycles. The van der Waals surface area contributed by atoms with Crippen LogP contribution in [0.3, 0.4) is 0 Å². The van der Waals surface area contributed by atoms with Crippen LogP contribution < -0.4 is 10.2 Å². The highest BCUT2D eigenvalue weighted by Crippen LogP contribution is 2.16. The number of piperazine rings is 1. The average molecular weight is 414 g/mol. The maximum absolute atomic E-state index is 12.6. The van der Waals surface area contributed by atoms with E-state index in [1.807, 2.05) is 36.4 Å². The predicted octanol–water partition coefficient (Wildman–Crippen LogP) is 0.840. The average Bonchev–Trinajstić information content (AvgIpc) is 3.19. The van der Waals surface area contributed by atoms with Crippen LogP contribution in [0.1, 0.15) is 10.5 Å². The standard InChI is InChI=1S/C19H22N6O3S/c26-19(18-15-5-1-2-6-16(15)22-23-18)21-9-14-29(27,28)25-12-10-24(11-13-25)17-7-3-4-8-20-17/h1-8H,9-14H2,(H,21,26)(H,22,23). The molecule has 29 heavy (non-hydrogen) atoms. The smallest absolute Gasteiger partial charge is 0.272 e. The van der Waals surface area contributed by atoms with Crippen LogP contribution in [0.25, 0.3) is 10.9 Å². The van der Waals surface area contributed by atoms with Crippen LogP contribution >= 0.6 is 0 Å². The predicted molar refractivity (Wildman–Crippen MR) is 110 cm³/mol. The summed E-state index contributed by atoms with van der Waals surface area (Å²) in [6, 6.07) is 13.0. The Bertz CT molecular complexity index is 1090. The molecule has 10 heteroatoms. The molecular formula is C19H22N6O3S. The number of para-hydroxylation sites is 1. The van der Waals surface area contributed by atoms with Gasteiger partial charge < -0.3 is 10.2 Å². The molecule has 0 bridgehead atoms. The van der Waals surface area contributed by atoms with Crippen molar-refractivity contribution in [2.75, 3.05) is 43.4 Å². The normalized spacial score (nSPS) is 15.5. The fourth-order valence-corrected chi connectivity index (χ4v) is 4.72. The maximum atomic E-state index is 12.6. The molecule has 1 aliphatic rings. The van der Waals surface area contributed by atoms with Gasteiger partial charge in [0.05, 0.1) is 11.3 Å². The Hall–Kier alpha value is -2.98. The van der Waals surface area contributed by atoms with Crippen LogP contribution in [0.2, 0.25) is 0 Å². The number of hydrogen-bond donors (Lipinski definition) is 2. The van der Waals surface area contributed by atoms with E-state index in [1.165, 1.54) is 4.31 Å². The number of rotatable bonds is 6. The van der Waals surface area contributed by atoms with Crippen molar-refractivity contribution in [2.24, 2.45) is 0 Å². The summed E-state index contributed by atoms with van der Waals surface area (Å²) in [6.45, 7) is 2.00. The summed E-state index contributed by atoms with van der Waals surface area (Å²) in [5.41, 5.74) is 1.03. The lowest BCUT2D eigenvalue weighted by atomic mass is 10.2. The quantitative estimate of drug-likeness (QED) is 0.618. The van der Waals surface area contributed by atoms with E-state index in [-0.39, 0.29) is 18.0 Å². The summed E-state index contributed by atoms with van der Waals surface area (Å²) in [5.74, 6) is 0.311. The van der Waals surface area contributed by atoms with Crippen LogP contribution in [0.5, 0.6) is 0 Å². The number of aromatic nitrogens is 3. The summed E-state index contributed by atoms with van der Waals surface area (Å²) >= 11 is 0. The van der Waals surface area contributed by atoms with Gasteiger partial charge in [-0.05, 0) is 18.2 Å². The third-order valence-corrected chi connectivity index (χ3v) is 6.81. The molecule has 0 spiro atoms. The summed E-state index contributed by atoms with van der Waals surface area (Å²) in [5, 5.41) is 10.2. The number of carbonyl (C=O) groups is 1. The highest BCUT2D eigenvalue weighted by Gasteiger charge is 2.27. The van der Waals surface area contributed by atoms with Gasteiger partial charge in [-0.2, -0.15) is 9.40 Å². The molecule has 0 radical (unpaired) electrons. The van der Waals surface area contributed by atoms with E-state index in [9.17, 15) is 13.2 Å². The number of anilines is 1. The molecule has 1 aliphatic heterocycles. The molecule has 0 unspecified atom stereocenters. The summed E-state index contributed by atoms with van der Waals surface area (Å²) in [7, 11) is -3.45. The Labute approximate surface area is 168 Å². The van der Waals surface area contributed by atoms with Crippen LogP contribution in [-0.4, -0.2) is 72.3 Å². The fourth-order valence-electron chi connectivity index (χ4n) is 3.38. The number of benzene rings is 1. The Morgan fingerprint density at radius 2 is 1.83 bits per heavy atom. The first-order valence-corrected chi connectivity index (χ1v) is 11.0. The van der Waals surface area contributed by atoms with E-state index in [1.54, 1.807) is 12.3 Å². The number of nitrogens with zero attached hydrogens (tertiary/aromatic N) is 4. The molecule has 2 aromatic heterocycles. The van der Waals surface area contributed by atoms with Gasteiger partial charge in [0.15, 0.2) is 5.69 Å². The number of hydrogen-bond acceptors (Lipinski definition) is 6. The minimum atomic E-state index is -3.45. The molecule has 152 valence electrons. The van der Waals surface area contributed by atoms with E-state index in [0.29, 0.717) is 31.6 Å². The SMILES string of the molecule is O=C(NCCS(=O)(=O)N1CCN(c2ccccn2)CC1)c1n[nH]c2ccccc12. The molecule has 0 aliphatic carbocycles. The van der Waals surface area contributed by atoms with Gasteiger partial charge in [-0.25, -0.2) is 13.4 Å². The van der Waals surface area contributed by atoms with Crippen LogP contribution in [0.15, 0.2) is 48.7 Å². The fraction of sp³-hybridized carbons (Fsp3) is 0.316. The van der Waals surface area contributed by atoms with E-state index >= 15 is 0 Å². The number of H-pyrrole nitrogens is 1. The lowest BCUT2D eigenvalue weighted by molar-refractivity contribution is 0.0952.